The highest BCUT2D eigenvalue weighted by molar-refractivity contribution is 6.24. The number of imide groups is 2. The number of benzene rings is 3. The normalized spacial score (nSPS) is 16.3. The number of rotatable bonds is 11. The number of para-hydroxylation sites is 2. The van der Waals surface area contributed by atoms with Gasteiger partial charge in [-0.2, -0.15) is 0 Å². The van der Waals surface area contributed by atoms with Crippen LogP contribution in [0.25, 0.3) is 21.8 Å². The smallest absolute Gasteiger partial charge is 0.262 e. The van der Waals surface area contributed by atoms with Crippen molar-refractivity contribution in [2.75, 3.05) is 13.1 Å². The predicted molar refractivity (Wildman–Crippen MR) is 166 cm³/mol. The fourth-order valence-corrected chi connectivity index (χ4v) is 6.12. The van der Waals surface area contributed by atoms with E-state index in [2.05, 4.69) is 28.1 Å². The van der Waals surface area contributed by atoms with Crippen LogP contribution >= 0.6 is 0 Å². The maximum atomic E-state index is 13.0. The number of hydrogen-bond donors (Lipinski definition) is 3. The fourth-order valence-electron chi connectivity index (χ4n) is 6.12. The van der Waals surface area contributed by atoms with Gasteiger partial charge >= 0.3 is 0 Å². The highest BCUT2D eigenvalue weighted by Gasteiger charge is 2.44. The molecule has 0 bridgehead atoms. The minimum absolute atomic E-state index is 0.0374. The molecule has 4 aromatic rings. The monoisotopic (exact) mass is 607 g/mol. The molecule has 11 nitrogen and oxygen atoms in total. The van der Waals surface area contributed by atoms with Gasteiger partial charge < -0.3 is 15.2 Å². The maximum Gasteiger partial charge on any atom is 0.262 e. The third-order valence-corrected chi connectivity index (χ3v) is 8.39. The zero-order valence-corrected chi connectivity index (χ0v) is 24.6. The molecule has 3 heterocycles. The van der Waals surface area contributed by atoms with E-state index in [1.54, 1.807) is 0 Å². The van der Waals surface area contributed by atoms with Crippen LogP contribution in [0.15, 0.2) is 66.7 Å². The number of aromatic nitrogens is 1. The van der Waals surface area contributed by atoms with Crippen LogP contribution in [0.1, 0.15) is 69.6 Å². The molecule has 6 rings (SSSR count). The van der Waals surface area contributed by atoms with Crippen LogP contribution < -0.4 is 16.0 Å². The Labute approximate surface area is 258 Å². The summed E-state index contributed by atoms with van der Waals surface area (Å²) in [5.41, 5.74) is 2.50. The van der Waals surface area contributed by atoms with Crippen LogP contribution in [0.4, 0.5) is 0 Å². The lowest BCUT2D eigenvalue weighted by Gasteiger charge is -2.27. The lowest BCUT2D eigenvalue weighted by atomic mass is 10.0. The Hall–Kier alpha value is -5.32. The molecule has 1 aromatic heterocycles. The molecule has 11 heteroatoms. The predicted octanol–water partition coefficient (Wildman–Crippen LogP) is 3.30. The summed E-state index contributed by atoms with van der Waals surface area (Å²) in [6.07, 6.45) is 3.41. The van der Waals surface area contributed by atoms with Crippen molar-refractivity contribution < 1.29 is 28.8 Å². The Morgan fingerprint density at radius 3 is 2.04 bits per heavy atom. The zero-order chi connectivity index (χ0) is 31.5. The van der Waals surface area contributed by atoms with Gasteiger partial charge in [0.1, 0.15) is 12.6 Å². The van der Waals surface area contributed by atoms with Crippen LogP contribution in [-0.2, 0) is 20.9 Å². The first-order valence-corrected chi connectivity index (χ1v) is 15.2. The topological polar surface area (TPSA) is 147 Å². The number of nitrogens with one attached hydrogen (secondary N) is 3. The molecule has 230 valence electrons. The van der Waals surface area contributed by atoms with Gasteiger partial charge in [-0.1, -0.05) is 49.2 Å². The minimum atomic E-state index is -1.05. The molecule has 1 saturated heterocycles. The van der Waals surface area contributed by atoms with Gasteiger partial charge in [0.25, 0.3) is 17.7 Å². The average Bonchev–Trinajstić information content (AvgIpc) is 3.48. The van der Waals surface area contributed by atoms with E-state index in [0.29, 0.717) is 13.1 Å². The Bertz CT molecular complexity index is 1810. The van der Waals surface area contributed by atoms with Crippen molar-refractivity contribution in [2.45, 2.75) is 51.1 Å². The molecule has 1 atom stereocenters. The van der Waals surface area contributed by atoms with E-state index in [4.69, 9.17) is 0 Å². The molecule has 3 N–H and O–H groups in total. The molecular weight excluding hydrogens is 574 g/mol. The number of unbranched alkanes of at least 4 members (excludes halogenated alkanes) is 3. The van der Waals surface area contributed by atoms with Crippen molar-refractivity contribution in [1.29, 1.82) is 0 Å². The van der Waals surface area contributed by atoms with E-state index in [1.165, 1.54) is 18.2 Å². The van der Waals surface area contributed by atoms with Gasteiger partial charge in [-0.25, -0.2) is 0 Å². The van der Waals surface area contributed by atoms with Gasteiger partial charge in [0.2, 0.25) is 17.7 Å². The van der Waals surface area contributed by atoms with Crippen molar-refractivity contribution >= 4 is 57.2 Å². The van der Waals surface area contributed by atoms with Gasteiger partial charge in [0, 0.05) is 46.9 Å². The Morgan fingerprint density at radius 2 is 1.38 bits per heavy atom. The average molecular weight is 608 g/mol. The second-order valence-corrected chi connectivity index (χ2v) is 11.3. The lowest BCUT2D eigenvalue weighted by Crippen LogP contribution is -2.54. The summed E-state index contributed by atoms with van der Waals surface area (Å²) in [5, 5.41) is 10.3. The molecule has 0 spiro atoms. The number of carbonyl (C=O) groups is 6. The number of amides is 6. The van der Waals surface area contributed by atoms with Gasteiger partial charge in [-0.3, -0.25) is 39.0 Å². The van der Waals surface area contributed by atoms with Crippen molar-refractivity contribution in [1.82, 2.24) is 25.4 Å². The first kappa shape index (κ1) is 29.7. The molecule has 6 amide bonds. The maximum absolute atomic E-state index is 13.0. The van der Waals surface area contributed by atoms with Gasteiger partial charge in [-0.15, -0.1) is 0 Å². The minimum Gasteiger partial charge on any atom is -0.355 e. The van der Waals surface area contributed by atoms with Crippen LogP contribution in [0.3, 0.4) is 0 Å². The summed E-state index contributed by atoms with van der Waals surface area (Å²) in [5.74, 6) is -2.79. The number of nitrogens with zero attached hydrogens (tertiary/aromatic N) is 2. The summed E-state index contributed by atoms with van der Waals surface area (Å²) >= 11 is 0. The third-order valence-electron chi connectivity index (χ3n) is 8.39. The Kier molecular flexibility index (Phi) is 8.41. The Morgan fingerprint density at radius 1 is 0.756 bits per heavy atom. The van der Waals surface area contributed by atoms with E-state index in [1.807, 2.05) is 41.0 Å². The van der Waals surface area contributed by atoms with E-state index in [-0.39, 0.29) is 47.9 Å². The highest BCUT2D eigenvalue weighted by Crippen LogP contribution is 2.29. The molecular formula is C34H33N5O6. The highest BCUT2D eigenvalue weighted by atomic mass is 16.2. The van der Waals surface area contributed by atoms with Gasteiger partial charge in [0.05, 0.1) is 11.1 Å². The van der Waals surface area contributed by atoms with Gasteiger partial charge in [-0.05, 0) is 49.6 Å². The molecule has 0 radical (unpaired) electrons. The molecule has 1 unspecified atom stereocenters. The van der Waals surface area contributed by atoms with Crippen molar-refractivity contribution in [3.05, 3.63) is 83.4 Å². The summed E-state index contributed by atoms with van der Waals surface area (Å²) in [7, 11) is 0. The third kappa shape index (κ3) is 5.93. The first-order chi connectivity index (χ1) is 21.8. The number of fused-ring (bicyclic) bond motifs is 4. The summed E-state index contributed by atoms with van der Waals surface area (Å²) in [4.78, 5) is 75.9. The van der Waals surface area contributed by atoms with Crippen molar-refractivity contribution in [2.24, 2.45) is 0 Å². The first-order valence-electron chi connectivity index (χ1n) is 15.2. The van der Waals surface area contributed by atoms with E-state index < -0.39 is 29.7 Å². The van der Waals surface area contributed by atoms with Crippen molar-refractivity contribution in [3.63, 3.8) is 0 Å². The number of piperidine rings is 1. The molecule has 2 aliphatic heterocycles. The Balaban J connectivity index is 0.919. The largest absolute Gasteiger partial charge is 0.355 e. The standard InChI is InChI=1S/C34H33N5O6/c40-29-16-15-28(32(43)37-29)39-33(44)24-14-13-21(19-25(24)34(39)45)31(42)36-18-8-2-1-7-17-35-30(41)20-38-26-11-5-3-9-22(26)23-10-4-6-12-27(23)38/h3-6,9-14,19,28H,1-2,7-8,15-18,20H2,(H,35,41)(H,36,42)(H,37,40,43). The number of hydrogen-bond acceptors (Lipinski definition) is 6. The lowest BCUT2D eigenvalue weighted by molar-refractivity contribution is -0.136. The molecule has 1 fully saturated rings. The van der Waals surface area contributed by atoms with Crippen LogP contribution in [-0.4, -0.2) is 64.0 Å². The van der Waals surface area contributed by atoms with Crippen molar-refractivity contribution in [3.8, 4) is 0 Å². The zero-order valence-electron chi connectivity index (χ0n) is 24.6. The number of carbonyl (C=O) groups excluding carboxylic acids is 6. The van der Waals surface area contributed by atoms with Crippen LogP contribution in [0.5, 0.6) is 0 Å². The summed E-state index contributed by atoms with van der Waals surface area (Å²) < 4.78 is 2.05. The SMILES string of the molecule is O=C(Cn1c2ccccc2c2ccccc21)NCCCCCCNC(=O)c1ccc2c(c1)C(=O)N(C1CCC(=O)NC1=O)C2=O. The summed E-state index contributed by atoms with van der Waals surface area (Å²) in [6.45, 7) is 1.25. The molecule has 0 saturated carbocycles. The molecule has 45 heavy (non-hydrogen) atoms. The van der Waals surface area contributed by atoms with E-state index in [9.17, 15) is 28.8 Å². The molecule has 3 aromatic carbocycles. The second-order valence-electron chi connectivity index (χ2n) is 11.3. The van der Waals surface area contributed by atoms with E-state index in [0.717, 1.165) is 52.4 Å². The van der Waals surface area contributed by atoms with Crippen LogP contribution in [0.2, 0.25) is 0 Å². The molecule has 0 aliphatic carbocycles. The van der Waals surface area contributed by atoms with Gasteiger partial charge in [0.15, 0.2) is 0 Å². The summed E-state index contributed by atoms with van der Waals surface area (Å²) in [6, 6.07) is 19.4. The molecule has 2 aliphatic rings. The quantitative estimate of drug-likeness (QED) is 0.176. The van der Waals surface area contributed by atoms with E-state index >= 15 is 0 Å². The fraction of sp³-hybridized carbons (Fsp3) is 0.294. The second kappa shape index (κ2) is 12.7. The van der Waals surface area contributed by atoms with Crippen LogP contribution in [0, 0.1) is 0 Å².